The third-order valence-electron chi connectivity index (χ3n) is 5.64. The topological polar surface area (TPSA) is 75.3 Å². The van der Waals surface area contributed by atoms with Crippen molar-refractivity contribution in [2.75, 3.05) is 31.6 Å². The lowest BCUT2D eigenvalue weighted by molar-refractivity contribution is -0.134. The van der Waals surface area contributed by atoms with Crippen LogP contribution in [0.2, 0.25) is 0 Å². The van der Waals surface area contributed by atoms with Crippen LogP contribution in [0, 0.1) is 16.7 Å². The maximum absolute atomic E-state index is 12.7. The van der Waals surface area contributed by atoms with Crippen molar-refractivity contribution < 1.29 is 13.2 Å². The van der Waals surface area contributed by atoms with E-state index in [1.165, 1.54) is 12.7 Å². The molecule has 0 spiro atoms. The van der Waals surface area contributed by atoms with E-state index in [0.29, 0.717) is 12.5 Å². The third kappa shape index (κ3) is 3.60. The lowest BCUT2D eigenvalue weighted by atomic mass is 9.67. The summed E-state index contributed by atoms with van der Waals surface area (Å²) in [6.07, 6.45) is 7.56. The van der Waals surface area contributed by atoms with Gasteiger partial charge in [-0.25, -0.2) is 8.42 Å². The zero-order chi connectivity index (χ0) is 15.1. The Morgan fingerprint density at radius 1 is 1.27 bits per heavy atom. The van der Waals surface area contributed by atoms with Gasteiger partial charge in [-0.05, 0) is 38.1 Å². The first-order chi connectivity index (χ1) is 9.85. The Balaban J connectivity index is 0.00000176. The van der Waals surface area contributed by atoms with Crippen LogP contribution in [0.5, 0.6) is 0 Å². The number of sulfone groups is 1. The van der Waals surface area contributed by atoms with Gasteiger partial charge in [0.25, 0.3) is 0 Å². The molecule has 0 bridgehead atoms. The van der Waals surface area contributed by atoms with E-state index in [4.69, 9.17) is 0 Å². The highest BCUT2D eigenvalue weighted by molar-refractivity contribution is 7.90. The van der Waals surface area contributed by atoms with E-state index < -0.39 is 9.84 Å². The molecule has 0 aromatic rings. The fourth-order valence-corrected chi connectivity index (χ4v) is 5.74. The van der Waals surface area contributed by atoms with Crippen LogP contribution < -0.4 is 10.6 Å². The summed E-state index contributed by atoms with van der Waals surface area (Å²) >= 11 is 0. The minimum Gasteiger partial charge on any atom is -0.355 e. The SMILES string of the molecule is CS(=O)(=O)CC1(CNC(=O)[C@@]23CCCC[C@H]2CNC3)CC1.Cl. The molecule has 1 heterocycles. The van der Waals surface area contributed by atoms with Crippen molar-refractivity contribution in [2.45, 2.75) is 38.5 Å². The number of carbonyl (C=O) groups excluding carboxylic acids is 1. The van der Waals surface area contributed by atoms with Gasteiger partial charge in [0, 0.05) is 24.8 Å². The maximum Gasteiger partial charge on any atom is 0.227 e. The molecule has 5 nitrogen and oxygen atoms in total. The van der Waals surface area contributed by atoms with Crippen molar-refractivity contribution in [3.63, 3.8) is 0 Å². The van der Waals surface area contributed by atoms with Crippen LogP contribution in [0.1, 0.15) is 38.5 Å². The minimum atomic E-state index is -2.97. The van der Waals surface area contributed by atoms with E-state index >= 15 is 0 Å². The third-order valence-corrected chi connectivity index (χ3v) is 6.78. The molecule has 2 atom stereocenters. The first-order valence-corrected chi connectivity index (χ1v) is 10.1. The molecule has 3 rings (SSSR count). The van der Waals surface area contributed by atoms with Crippen molar-refractivity contribution in [1.29, 1.82) is 0 Å². The summed E-state index contributed by atoms with van der Waals surface area (Å²) < 4.78 is 23.0. The highest BCUT2D eigenvalue weighted by atomic mass is 35.5. The monoisotopic (exact) mass is 350 g/mol. The number of nitrogens with one attached hydrogen (secondary N) is 2. The Bertz CT molecular complexity index is 533. The van der Waals surface area contributed by atoms with E-state index in [-0.39, 0.29) is 34.9 Å². The zero-order valence-electron chi connectivity index (χ0n) is 13.2. The van der Waals surface area contributed by atoms with E-state index in [2.05, 4.69) is 10.6 Å². The molecular weight excluding hydrogens is 324 g/mol. The van der Waals surface area contributed by atoms with Gasteiger partial charge in [-0.2, -0.15) is 0 Å². The molecule has 3 aliphatic rings. The summed E-state index contributed by atoms with van der Waals surface area (Å²) in [6, 6.07) is 0. The number of hydrogen-bond donors (Lipinski definition) is 2. The molecule has 22 heavy (non-hydrogen) atoms. The first-order valence-electron chi connectivity index (χ1n) is 8.02. The number of halogens is 1. The molecule has 1 saturated heterocycles. The molecule has 2 saturated carbocycles. The summed E-state index contributed by atoms with van der Waals surface area (Å²) in [7, 11) is -2.97. The van der Waals surface area contributed by atoms with Gasteiger partial charge < -0.3 is 10.6 Å². The first kappa shape index (κ1) is 18.0. The molecule has 7 heteroatoms. The van der Waals surface area contributed by atoms with Crippen molar-refractivity contribution in [1.82, 2.24) is 10.6 Å². The zero-order valence-corrected chi connectivity index (χ0v) is 14.8. The van der Waals surface area contributed by atoms with Gasteiger partial charge in [-0.15, -0.1) is 12.4 Å². The standard InChI is InChI=1S/C15H26N2O3S.ClH/c1-21(19,20)11-14(6-7-14)9-17-13(18)15-5-3-2-4-12(15)8-16-10-15;/h12,16H,2-11H2,1H3,(H,17,18);1H/t12-,15+;/m0./s1. The Hall–Kier alpha value is -0.330. The van der Waals surface area contributed by atoms with Crippen LogP contribution in [0.25, 0.3) is 0 Å². The number of hydrogen-bond acceptors (Lipinski definition) is 4. The molecular formula is C15H27ClN2O3S. The highest BCUT2D eigenvalue weighted by Crippen LogP contribution is 2.47. The summed E-state index contributed by atoms with van der Waals surface area (Å²) in [5.41, 5.74) is -0.421. The van der Waals surface area contributed by atoms with Gasteiger partial charge in [0.1, 0.15) is 9.84 Å². The molecule has 128 valence electrons. The Morgan fingerprint density at radius 3 is 2.64 bits per heavy atom. The minimum absolute atomic E-state index is 0. The van der Waals surface area contributed by atoms with E-state index in [0.717, 1.165) is 45.2 Å². The second-order valence-electron chi connectivity index (χ2n) is 7.48. The lowest BCUT2D eigenvalue weighted by Gasteiger charge is -2.37. The Morgan fingerprint density at radius 2 is 2.00 bits per heavy atom. The van der Waals surface area contributed by atoms with Gasteiger partial charge in [0.05, 0.1) is 11.2 Å². The van der Waals surface area contributed by atoms with Crippen molar-refractivity contribution >= 4 is 28.2 Å². The summed E-state index contributed by atoms with van der Waals surface area (Å²) in [5, 5.41) is 6.48. The summed E-state index contributed by atoms with van der Waals surface area (Å²) in [4.78, 5) is 12.7. The average molecular weight is 351 g/mol. The van der Waals surface area contributed by atoms with Crippen molar-refractivity contribution in [3.05, 3.63) is 0 Å². The highest BCUT2D eigenvalue weighted by Gasteiger charge is 2.51. The average Bonchev–Trinajstić information content (AvgIpc) is 3.01. The van der Waals surface area contributed by atoms with Gasteiger partial charge in [-0.3, -0.25) is 4.79 Å². The second-order valence-corrected chi connectivity index (χ2v) is 9.62. The molecule has 2 N–H and O–H groups in total. The van der Waals surface area contributed by atoms with Gasteiger partial charge in [-0.1, -0.05) is 12.8 Å². The van der Waals surface area contributed by atoms with Crippen LogP contribution in [0.3, 0.4) is 0 Å². The van der Waals surface area contributed by atoms with E-state index in [9.17, 15) is 13.2 Å². The molecule has 1 aliphatic heterocycles. The fraction of sp³-hybridized carbons (Fsp3) is 0.933. The predicted octanol–water partition coefficient (Wildman–Crippen LogP) is 1.13. The van der Waals surface area contributed by atoms with Crippen LogP contribution in [-0.2, 0) is 14.6 Å². The van der Waals surface area contributed by atoms with Gasteiger partial charge >= 0.3 is 0 Å². The Labute approximate surface area is 139 Å². The fourth-order valence-electron chi connectivity index (χ4n) is 4.24. The van der Waals surface area contributed by atoms with Crippen LogP contribution in [-0.4, -0.2) is 46.0 Å². The molecule has 2 aliphatic carbocycles. The summed E-state index contributed by atoms with van der Waals surface area (Å²) in [6.45, 7) is 2.25. The van der Waals surface area contributed by atoms with Crippen molar-refractivity contribution in [2.24, 2.45) is 16.7 Å². The molecule has 0 unspecified atom stereocenters. The largest absolute Gasteiger partial charge is 0.355 e. The smallest absolute Gasteiger partial charge is 0.227 e. The summed E-state index contributed by atoms with van der Waals surface area (Å²) in [5.74, 6) is 0.808. The molecule has 0 aromatic heterocycles. The molecule has 0 aromatic carbocycles. The van der Waals surface area contributed by atoms with Crippen LogP contribution in [0.4, 0.5) is 0 Å². The number of fused-ring (bicyclic) bond motifs is 1. The normalized spacial score (nSPS) is 32.7. The Kier molecular flexibility index (Phi) is 5.15. The quantitative estimate of drug-likeness (QED) is 0.779. The maximum atomic E-state index is 12.7. The van der Waals surface area contributed by atoms with Crippen LogP contribution >= 0.6 is 12.4 Å². The van der Waals surface area contributed by atoms with Crippen molar-refractivity contribution in [3.8, 4) is 0 Å². The number of rotatable bonds is 5. The number of amides is 1. The lowest BCUT2D eigenvalue weighted by Crippen LogP contribution is -2.49. The molecule has 1 amide bonds. The van der Waals surface area contributed by atoms with Gasteiger partial charge in [0.15, 0.2) is 0 Å². The molecule has 0 radical (unpaired) electrons. The molecule has 3 fully saturated rings. The van der Waals surface area contributed by atoms with E-state index in [1.807, 2.05) is 0 Å². The van der Waals surface area contributed by atoms with E-state index in [1.54, 1.807) is 0 Å². The second kappa shape index (κ2) is 6.29. The number of carbonyl (C=O) groups is 1. The predicted molar refractivity (Wildman–Crippen MR) is 88.9 cm³/mol. The van der Waals surface area contributed by atoms with Crippen LogP contribution in [0.15, 0.2) is 0 Å². The van der Waals surface area contributed by atoms with Gasteiger partial charge in [0.2, 0.25) is 5.91 Å².